The van der Waals surface area contributed by atoms with Crippen LogP contribution in [0.1, 0.15) is 29.7 Å². The van der Waals surface area contributed by atoms with Crippen molar-refractivity contribution in [3.05, 3.63) is 20.3 Å². The summed E-state index contributed by atoms with van der Waals surface area (Å²) in [7, 11) is 0. The number of nitriles is 1. The minimum Gasteiger partial charge on any atom is -0.386 e. The largest absolute Gasteiger partial charge is 0.386 e. The molecule has 76 valence electrons. The van der Waals surface area contributed by atoms with Gasteiger partial charge in [0.05, 0.1) is 11.5 Å². The molecule has 1 N–H and O–H groups in total. The topological polar surface area (TPSA) is 44.0 Å². The standard InChI is InChI=1S/C10H12BrNOS/c1-6-7(11)4-8(14-6)9(13)10(2,3)5-12/h4,9,13H,1-3H3. The Morgan fingerprint density at radius 2 is 2.21 bits per heavy atom. The van der Waals surface area contributed by atoms with Gasteiger partial charge in [0.2, 0.25) is 0 Å². The summed E-state index contributed by atoms with van der Waals surface area (Å²) < 4.78 is 0.991. The molecular weight excluding hydrogens is 262 g/mol. The minimum atomic E-state index is -0.739. The van der Waals surface area contributed by atoms with Crippen LogP contribution < -0.4 is 0 Å². The van der Waals surface area contributed by atoms with Gasteiger partial charge in [-0.15, -0.1) is 11.3 Å². The van der Waals surface area contributed by atoms with Gasteiger partial charge in [-0.3, -0.25) is 0 Å². The van der Waals surface area contributed by atoms with Gasteiger partial charge in [0.15, 0.2) is 0 Å². The monoisotopic (exact) mass is 273 g/mol. The van der Waals surface area contributed by atoms with Gasteiger partial charge in [0.25, 0.3) is 0 Å². The number of aliphatic hydroxyl groups is 1. The van der Waals surface area contributed by atoms with Crippen LogP contribution in [0.2, 0.25) is 0 Å². The van der Waals surface area contributed by atoms with Gasteiger partial charge in [-0.1, -0.05) is 0 Å². The van der Waals surface area contributed by atoms with Crippen molar-refractivity contribution in [2.75, 3.05) is 0 Å². The molecule has 1 aromatic rings. The first-order valence-corrected chi connectivity index (χ1v) is 5.84. The van der Waals surface area contributed by atoms with E-state index in [1.165, 1.54) is 11.3 Å². The van der Waals surface area contributed by atoms with E-state index in [0.717, 1.165) is 14.2 Å². The first-order chi connectivity index (χ1) is 6.38. The van der Waals surface area contributed by atoms with Crippen LogP contribution in [0.3, 0.4) is 0 Å². The Kier molecular flexibility index (Phi) is 3.36. The molecule has 0 aliphatic heterocycles. The molecule has 1 rings (SSSR count). The van der Waals surface area contributed by atoms with E-state index < -0.39 is 11.5 Å². The van der Waals surface area contributed by atoms with Gasteiger partial charge in [-0.2, -0.15) is 5.26 Å². The van der Waals surface area contributed by atoms with E-state index >= 15 is 0 Å². The molecule has 0 radical (unpaired) electrons. The smallest absolute Gasteiger partial charge is 0.106 e. The molecule has 0 aromatic carbocycles. The molecule has 1 heterocycles. The highest BCUT2D eigenvalue weighted by molar-refractivity contribution is 9.10. The molecule has 0 saturated carbocycles. The third-order valence-electron chi connectivity index (χ3n) is 2.12. The SMILES string of the molecule is Cc1sc(C(O)C(C)(C)C#N)cc1Br. The van der Waals surface area contributed by atoms with Gasteiger partial charge in [-0.05, 0) is 42.8 Å². The average molecular weight is 274 g/mol. The molecule has 0 aliphatic carbocycles. The lowest BCUT2D eigenvalue weighted by atomic mass is 9.87. The maximum Gasteiger partial charge on any atom is 0.106 e. The predicted octanol–water partition coefficient (Wildman–Crippen LogP) is 3.40. The summed E-state index contributed by atoms with van der Waals surface area (Å²) >= 11 is 4.91. The fourth-order valence-electron chi connectivity index (χ4n) is 1.03. The normalized spacial score (nSPS) is 13.7. The quantitative estimate of drug-likeness (QED) is 0.898. The third kappa shape index (κ3) is 2.17. The van der Waals surface area contributed by atoms with Gasteiger partial charge >= 0.3 is 0 Å². The second-order valence-corrected chi connectivity index (χ2v) is 5.93. The Labute approximate surface area is 96.3 Å². The van der Waals surface area contributed by atoms with E-state index in [2.05, 4.69) is 22.0 Å². The maximum absolute atomic E-state index is 9.95. The van der Waals surface area contributed by atoms with Crippen LogP contribution in [0.25, 0.3) is 0 Å². The fourth-order valence-corrected chi connectivity index (χ4v) is 2.77. The number of halogens is 1. The second kappa shape index (κ2) is 4.01. The summed E-state index contributed by atoms with van der Waals surface area (Å²) in [5.41, 5.74) is -0.739. The van der Waals surface area contributed by atoms with Crippen LogP contribution in [-0.2, 0) is 0 Å². The van der Waals surface area contributed by atoms with Crippen LogP contribution in [0.5, 0.6) is 0 Å². The van der Waals surface area contributed by atoms with Gasteiger partial charge in [0, 0.05) is 14.2 Å². The van der Waals surface area contributed by atoms with E-state index in [1.54, 1.807) is 13.8 Å². The van der Waals surface area contributed by atoms with Crippen molar-refractivity contribution >= 4 is 27.3 Å². The zero-order chi connectivity index (χ0) is 10.9. The molecular formula is C10H12BrNOS. The third-order valence-corrected chi connectivity index (χ3v) is 4.31. The number of aryl methyl sites for hydroxylation is 1. The lowest BCUT2D eigenvalue weighted by molar-refractivity contribution is 0.0901. The molecule has 0 saturated heterocycles. The van der Waals surface area contributed by atoms with Gasteiger partial charge in [-0.25, -0.2) is 0 Å². The number of rotatable bonds is 2. The number of aliphatic hydroxyl groups excluding tert-OH is 1. The highest BCUT2D eigenvalue weighted by Crippen LogP contribution is 2.38. The number of nitrogens with zero attached hydrogens (tertiary/aromatic N) is 1. The van der Waals surface area contributed by atoms with Crippen molar-refractivity contribution in [2.24, 2.45) is 5.41 Å². The molecule has 0 fully saturated rings. The van der Waals surface area contributed by atoms with Crippen LogP contribution >= 0.6 is 27.3 Å². The molecule has 0 spiro atoms. The van der Waals surface area contributed by atoms with Crippen LogP contribution in [-0.4, -0.2) is 5.11 Å². The summed E-state index contributed by atoms with van der Waals surface area (Å²) in [5.74, 6) is 0. The average Bonchev–Trinajstić information content (AvgIpc) is 2.45. The van der Waals surface area contributed by atoms with Crippen molar-refractivity contribution in [1.82, 2.24) is 0 Å². The minimum absolute atomic E-state index is 0.720. The summed E-state index contributed by atoms with van der Waals surface area (Å²) in [4.78, 5) is 1.95. The van der Waals surface area contributed by atoms with Crippen molar-refractivity contribution in [2.45, 2.75) is 26.9 Å². The second-order valence-electron chi connectivity index (χ2n) is 3.79. The van der Waals surface area contributed by atoms with E-state index in [9.17, 15) is 5.11 Å². The molecule has 1 unspecified atom stereocenters. The van der Waals surface area contributed by atoms with Crippen molar-refractivity contribution < 1.29 is 5.11 Å². The highest BCUT2D eigenvalue weighted by atomic mass is 79.9. The summed E-state index contributed by atoms with van der Waals surface area (Å²) in [6.45, 7) is 5.45. The molecule has 4 heteroatoms. The van der Waals surface area contributed by atoms with Crippen molar-refractivity contribution in [3.63, 3.8) is 0 Å². The number of thiophene rings is 1. The fraction of sp³-hybridized carbons (Fsp3) is 0.500. The zero-order valence-corrected chi connectivity index (χ0v) is 10.7. The summed E-state index contributed by atoms with van der Waals surface area (Å²) in [6, 6.07) is 3.99. The van der Waals surface area contributed by atoms with Gasteiger partial charge < -0.3 is 5.11 Å². The van der Waals surface area contributed by atoms with Crippen LogP contribution in [0, 0.1) is 23.7 Å². The first-order valence-electron chi connectivity index (χ1n) is 4.23. The predicted molar refractivity (Wildman–Crippen MR) is 61.1 cm³/mol. The van der Waals surface area contributed by atoms with E-state index in [1.807, 2.05) is 13.0 Å². The van der Waals surface area contributed by atoms with Crippen LogP contribution in [0.4, 0.5) is 0 Å². The Morgan fingerprint density at radius 1 is 1.64 bits per heavy atom. The Morgan fingerprint density at radius 3 is 2.57 bits per heavy atom. The molecule has 14 heavy (non-hydrogen) atoms. The zero-order valence-electron chi connectivity index (χ0n) is 8.34. The highest BCUT2D eigenvalue weighted by Gasteiger charge is 2.30. The lowest BCUT2D eigenvalue weighted by Crippen LogP contribution is -2.18. The van der Waals surface area contributed by atoms with E-state index in [-0.39, 0.29) is 0 Å². The Balaban J connectivity index is 3.02. The molecule has 0 aliphatic rings. The van der Waals surface area contributed by atoms with E-state index in [0.29, 0.717) is 0 Å². The maximum atomic E-state index is 9.95. The molecule has 1 atom stereocenters. The Bertz CT molecular complexity index is 358. The van der Waals surface area contributed by atoms with Crippen molar-refractivity contribution in [3.8, 4) is 6.07 Å². The van der Waals surface area contributed by atoms with Gasteiger partial charge in [0.1, 0.15) is 6.10 Å². The van der Waals surface area contributed by atoms with Crippen molar-refractivity contribution in [1.29, 1.82) is 5.26 Å². The molecule has 0 amide bonds. The molecule has 2 nitrogen and oxygen atoms in total. The lowest BCUT2D eigenvalue weighted by Gasteiger charge is -2.21. The molecule has 1 aromatic heterocycles. The number of hydrogen-bond acceptors (Lipinski definition) is 3. The van der Waals surface area contributed by atoms with Crippen LogP contribution in [0.15, 0.2) is 10.5 Å². The van der Waals surface area contributed by atoms with E-state index in [4.69, 9.17) is 5.26 Å². The number of hydrogen-bond donors (Lipinski definition) is 1. The summed E-state index contributed by atoms with van der Waals surface area (Å²) in [5, 5.41) is 18.8. The summed E-state index contributed by atoms with van der Waals surface area (Å²) in [6.07, 6.45) is -0.720. The molecule has 0 bridgehead atoms. The first kappa shape index (κ1) is 11.7. The Hall–Kier alpha value is -0.370.